The highest BCUT2D eigenvalue weighted by atomic mass is 79.9. The highest BCUT2D eigenvalue weighted by Crippen LogP contribution is 2.38. The molecule has 2 aromatic carbocycles. The third kappa shape index (κ3) is 5.19. The van der Waals surface area contributed by atoms with Crippen molar-refractivity contribution in [3.05, 3.63) is 73.7 Å². The third-order valence-corrected chi connectivity index (χ3v) is 4.51. The van der Waals surface area contributed by atoms with Gasteiger partial charge in [-0.15, -0.1) is 0 Å². The number of hydrogen-bond acceptors (Lipinski definition) is 1. The number of carbonyl (C=O) groups is 1. The molecule has 0 bridgehead atoms. The van der Waals surface area contributed by atoms with Crippen LogP contribution in [0.5, 0.6) is 0 Å². The number of halogens is 5. The van der Waals surface area contributed by atoms with Crippen molar-refractivity contribution in [3.63, 3.8) is 0 Å². The van der Waals surface area contributed by atoms with Crippen molar-refractivity contribution in [3.8, 4) is 0 Å². The molecular formula is C18H14Br2F3NO. The maximum Gasteiger partial charge on any atom is 0.399 e. The summed E-state index contributed by atoms with van der Waals surface area (Å²) in [7, 11) is 0. The largest absolute Gasteiger partial charge is 0.399 e. The van der Waals surface area contributed by atoms with E-state index in [1.807, 2.05) is 0 Å². The van der Waals surface area contributed by atoms with E-state index in [1.165, 1.54) is 24.3 Å². The average molecular weight is 477 g/mol. The quantitative estimate of drug-likeness (QED) is 0.579. The van der Waals surface area contributed by atoms with Crippen LogP contribution in [-0.4, -0.2) is 12.1 Å². The van der Waals surface area contributed by atoms with Crippen LogP contribution in [0, 0.1) is 6.92 Å². The number of primary amides is 1. The molecule has 0 radical (unpaired) electrons. The predicted octanol–water partition coefficient (Wildman–Crippen LogP) is 5.98. The fourth-order valence-electron chi connectivity index (χ4n) is 2.44. The number of hydrogen-bond donors (Lipinski definition) is 1. The number of benzene rings is 2. The second-order valence-electron chi connectivity index (χ2n) is 5.52. The zero-order valence-corrected chi connectivity index (χ0v) is 16.2. The molecule has 1 atom stereocenters. The van der Waals surface area contributed by atoms with Crippen molar-refractivity contribution in [1.29, 1.82) is 0 Å². The fraction of sp³-hybridized carbons (Fsp3) is 0.167. The van der Waals surface area contributed by atoms with Crippen molar-refractivity contribution < 1.29 is 18.0 Å². The van der Waals surface area contributed by atoms with E-state index in [9.17, 15) is 18.0 Å². The molecule has 0 heterocycles. The summed E-state index contributed by atoms with van der Waals surface area (Å²) in [5.74, 6) is -2.32. The first kappa shape index (κ1) is 19.7. The SMILES string of the molecule is Cc1cc(/C=C/C(c2cc(Br)cc(Br)c2)C(F)(F)F)ccc1C(N)=O. The lowest BCUT2D eigenvalue weighted by molar-refractivity contribution is -0.139. The van der Waals surface area contributed by atoms with Gasteiger partial charge in [0.15, 0.2) is 0 Å². The summed E-state index contributed by atoms with van der Waals surface area (Å²) < 4.78 is 41.5. The first-order chi connectivity index (χ1) is 11.6. The standard InChI is InChI=1S/C18H14Br2F3NO/c1-10-6-11(2-4-15(10)17(24)25)3-5-16(18(21,22)23)12-7-13(19)9-14(20)8-12/h2-9,16H,1H3,(H2,24,25)/b5-3+. The van der Waals surface area contributed by atoms with E-state index in [4.69, 9.17) is 5.73 Å². The molecule has 0 spiro atoms. The van der Waals surface area contributed by atoms with Gasteiger partial charge in [0.2, 0.25) is 5.91 Å². The summed E-state index contributed by atoms with van der Waals surface area (Å²) in [5, 5.41) is 0. The van der Waals surface area contributed by atoms with E-state index >= 15 is 0 Å². The second kappa shape index (κ2) is 7.74. The van der Waals surface area contributed by atoms with E-state index in [1.54, 1.807) is 25.1 Å². The lowest BCUT2D eigenvalue weighted by Crippen LogP contribution is -2.19. The van der Waals surface area contributed by atoms with Crippen molar-refractivity contribution >= 4 is 43.8 Å². The normalized spacial score (nSPS) is 13.2. The first-order valence-corrected chi connectivity index (χ1v) is 8.78. The number of alkyl halides is 3. The van der Waals surface area contributed by atoms with E-state index in [2.05, 4.69) is 31.9 Å². The van der Waals surface area contributed by atoms with Crippen LogP contribution in [0.4, 0.5) is 13.2 Å². The summed E-state index contributed by atoms with van der Waals surface area (Å²) in [6.45, 7) is 1.68. The number of carbonyl (C=O) groups excluding carboxylic acids is 1. The average Bonchev–Trinajstić information content (AvgIpc) is 2.44. The lowest BCUT2D eigenvalue weighted by Gasteiger charge is -2.18. The van der Waals surface area contributed by atoms with Gasteiger partial charge in [-0.05, 0) is 47.9 Å². The number of nitrogens with two attached hydrogens (primary N) is 1. The molecule has 0 saturated heterocycles. The van der Waals surface area contributed by atoms with Crippen LogP contribution in [0.3, 0.4) is 0 Å². The summed E-state index contributed by atoms with van der Waals surface area (Å²) >= 11 is 6.42. The Bertz CT molecular complexity index is 811. The van der Waals surface area contributed by atoms with Gasteiger partial charge in [-0.1, -0.05) is 56.1 Å². The second-order valence-corrected chi connectivity index (χ2v) is 7.35. The molecule has 0 aliphatic heterocycles. The number of aryl methyl sites for hydroxylation is 1. The molecule has 2 rings (SSSR count). The van der Waals surface area contributed by atoms with Crippen molar-refractivity contribution in [2.24, 2.45) is 5.73 Å². The maximum absolute atomic E-state index is 13.5. The summed E-state index contributed by atoms with van der Waals surface area (Å²) in [6, 6.07) is 9.25. The molecule has 0 aromatic heterocycles. The van der Waals surface area contributed by atoms with E-state index in [0.29, 0.717) is 25.6 Å². The Labute approximate surface area is 160 Å². The summed E-state index contributed by atoms with van der Waals surface area (Å²) in [6.07, 6.45) is -1.93. The molecule has 1 amide bonds. The van der Waals surface area contributed by atoms with Crippen LogP contribution in [-0.2, 0) is 0 Å². The Balaban J connectivity index is 2.39. The number of allylic oxidation sites excluding steroid dienone is 1. The van der Waals surface area contributed by atoms with Gasteiger partial charge in [0, 0.05) is 14.5 Å². The minimum atomic E-state index is -4.43. The van der Waals surface area contributed by atoms with Crippen LogP contribution in [0.25, 0.3) is 6.08 Å². The summed E-state index contributed by atoms with van der Waals surface area (Å²) in [4.78, 5) is 11.2. The maximum atomic E-state index is 13.5. The van der Waals surface area contributed by atoms with Gasteiger partial charge in [0.1, 0.15) is 0 Å². The minimum absolute atomic E-state index is 0.121. The van der Waals surface area contributed by atoms with E-state index < -0.39 is 18.0 Å². The minimum Gasteiger partial charge on any atom is -0.366 e. The zero-order valence-electron chi connectivity index (χ0n) is 13.1. The molecule has 132 valence electrons. The van der Waals surface area contributed by atoms with Crippen LogP contribution >= 0.6 is 31.9 Å². The molecule has 2 aromatic rings. The molecule has 1 unspecified atom stereocenters. The molecule has 7 heteroatoms. The molecule has 2 nitrogen and oxygen atoms in total. The van der Waals surface area contributed by atoms with Crippen molar-refractivity contribution in [2.75, 3.05) is 0 Å². The number of amides is 1. The highest BCUT2D eigenvalue weighted by molar-refractivity contribution is 9.11. The van der Waals surface area contributed by atoms with Gasteiger partial charge >= 0.3 is 6.18 Å². The van der Waals surface area contributed by atoms with Crippen LogP contribution < -0.4 is 5.73 Å². The fourth-order valence-corrected chi connectivity index (χ4v) is 3.77. The molecule has 0 aliphatic carbocycles. The lowest BCUT2D eigenvalue weighted by atomic mass is 9.96. The van der Waals surface area contributed by atoms with Crippen LogP contribution in [0.2, 0.25) is 0 Å². The molecule has 0 aliphatic rings. The smallest absolute Gasteiger partial charge is 0.366 e. The van der Waals surface area contributed by atoms with Crippen molar-refractivity contribution in [2.45, 2.75) is 19.0 Å². The Morgan fingerprint density at radius 3 is 2.20 bits per heavy atom. The Kier molecular flexibility index (Phi) is 6.11. The van der Waals surface area contributed by atoms with Gasteiger partial charge in [-0.3, -0.25) is 4.79 Å². The highest BCUT2D eigenvalue weighted by Gasteiger charge is 2.39. The first-order valence-electron chi connectivity index (χ1n) is 7.19. The van der Waals surface area contributed by atoms with Gasteiger partial charge < -0.3 is 5.73 Å². The Morgan fingerprint density at radius 2 is 1.72 bits per heavy atom. The molecule has 2 N–H and O–H groups in total. The monoisotopic (exact) mass is 475 g/mol. The van der Waals surface area contributed by atoms with Gasteiger partial charge in [-0.2, -0.15) is 13.2 Å². The molecule has 25 heavy (non-hydrogen) atoms. The van der Waals surface area contributed by atoms with Crippen LogP contribution in [0.15, 0.2) is 51.4 Å². The zero-order chi connectivity index (χ0) is 18.8. The number of rotatable bonds is 4. The molecule has 0 fully saturated rings. The third-order valence-electron chi connectivity index (χ3n) is 3.59. The Hall–Kier alpha value is -1.60. The molecule has 0 saturated carbocycles. The van der Waals surface area contributed by atoms with Gasteiger partial charge in [0.05, 0.1) is 5.92 Å². The topological polar surface area (TPSA) is 43.1 Å². The van der Waals surface area contributed by atoms with E-state index in [-0.39, 0.29) is 5.56 Å². The van der Waals surface area contributed by atoms with Gasteiger partial charge in [0.25, 0.3) is 0 Å². The summed E-state index contributed by atoms with van der Waals surface area (Å²) in [5.41, 5.74) is 6.88. The van der Waals surface area contributed by atoms with Gasteiger partial charge in [-0.25, -0.2) is 0 Å². The van der Waals surface area contributed by atoms with Crippen LogP contribution in [0.1, 0.15) is 33.0 Å². The molecular weight excluding hydrogens is 463 g/mol. The van der Waals surface area contributed by atoms with Crippen molar-refractivity contribution in [1.82, 2.24) is 0 Å². The van der Waals surface area contributed by atoms with E-state index in [0.717, 1.165) is 6.08 Å². The Morgan fingerprint density at radius 1 is 1.12 bits per heavy atom. The predicted molar refractivity (Wildman–Crippen MR) is 99.4 cm³/mol.